The number of carbonyl (C=O) groups is 2. The van der Waals surface area contributed by atoms with E-state index in [0.717, 1.165) is 17.1 Å². The minimum atomic E-state index is -0.276. The van der Waals surface area contributed by atoms with E-state index in [4.69, 9.17) is 9.47 Å². The number of nitrogens with one attached hydrogen (secondary N) is 1. The quantitative estimate of drug-likeness (QED) is 0.653. The Bertz CT molecular complexity index is 936. The van der Waals surface area contributed by atoms with Gasteiger partial charge in [-0.3, -0.25) is 9.59 Å². The molecule has 0 aromatic heterocycles. The molecule has 0 aliphatic carbocycles. The fraction of sp³-hybridized carbons (Fsp3) is 0.143. The van der Waals surface area contributed by atoms with E-state index in [1.807, 2.05) is 49.4 Å². The van der Waals surface area contributed by atoms with Gasteiger partial charge in [0.15, 0.2) is 18.1 Å². The van der Waals surface area contributed by atoms with E-state index in [9.17, 15) is 9.59 Å². The molecule has 3 aromatic rings. The summed E-state index contributed by atoms with van der Waals surface area (Å²) in [6.45, 7) is 2.11. The Labute approximate surface area is 151 Å². The van der Waals surface area contributed by atoms with Crippen molar-refractivity contribution < 1.29 is 19.1 Å². The normalized spacial score (nSPS) is 10.3. The number of carbonyl (C=O) groups excluding carboxylic acids is 2. The highest BCUT2D eigenvalue weighted by atomic mass is 16.5. The van der Waals surface area contributed by atoms with E-state index in [2.05, 4.69) is 5.32 Å². The standard InChI is InChI=1S/C21H19NO4/c1-2-25-20-11-15(13-23)7-10-19(20)26-14-21(24)22-18-9-8-16-5-3-4-6-17(16)12-18/h3-13H,2,14H2,1H3,(H,22,24). The van der Waals surface area contributed by atoms with Gasteiger partial charge >= 0.3 is 0 Å². The molecule has 0 fully saturated rings. The number of hydrogen-bond acceptors (Lipinski definition) is 4. The molecule has 0 radical (unpaired) electrons. The van der Waals surface area contributed by atoms with E-state index in [-0.39, 0.29) is 12.5 Å². The van der Waals surface area contributed by atoms with Gasteiger partial charge in [0.05, 0.1) is 6.61 Å². The van der Waals surface area contributed by atoms with Crippen LogP contribution >= 0.6 is 0 Å². The maximum Gasteiger partial charge on any atom is 0.262 e. The molecule has 0 heterocycles. The summed E-state index contributed by atoms with van der Waals surface area (Å²) in [6, 6.07) is 18.5. The lowest BCUT2D eigenvalue weighted by atomic mass is 10.1. The number of rotatable bonds is 7. The summed E-state index contributed by atoms with van der Waals surface area (Å²) in [5.41, 5.74) is 1.19. The molecule has 26 heavy (non-hydrogen) atoms. The largest absolute Gasteiger partial charge is 0.490 e. The average Bonchev–Trinajstić information content (AvgIpc) is 2.67. The van der Waals surface area contributed by atoms with Crippen LogP contribution in [0.25, 0.3) is 10.8 Å². The third-order valence-electron chi connectivity index (χ3n) is 3.80. The Morgan fingerprint density at radius 3 is 2.54 bits per heavy atom. The highest BCUT2D eigenvalue weighted by Crippen LogP contribution is 2.28. The second-order valence-electron chi connectivity index (χ2n) is 5.66. The monoisotopic (exact) mass is 349 g/mol. The van der Waals surface area contributed by atoms with E-state index in [1.54, 1.807) is 18.2 Å². The first-order valence-electron chi connectivity index (χ1n) is 8.33. The van der Waals surface area contributed by atoms with Gasteiger partial charge in [-0.1, -0.05) is 30.3 Å². The third-order valence-corrected chi connectivity index (χ3v) is 3.80. The van der Waals surface area contributed by atoms with E-state index >= 15 is 0 Å². The molecule has 5 nitrogen and oxygen atoms in total. The summed E-state index contributed by atoms with van der Waals surface area (Å²) in [5, 5.41) is 4.98. The van der Waals surface area contributed by atoms with Gasteiger partial charge in [0.25, 0.3) is 5.91 Å². The lowest BCUT2D eigenvalue weighted by Gasteiger charge is -2.12. The van der Waals surface area contributed by atoms with Gasteiger partial charge in [0.1, 0.15) is 6.29 Å². The van der Waals surface area contributed by atoms with Crippen molar-refractivity contribution in [2.24, 2.45) is 0 Å². The number of benzene rings is 3. The maximum atomic E-state index is 12.2. The first kappa shape index (κ1) is 17.5. The summed E-state index contributed by atoms with van der Waals surface area (Å²) in [6.07, 6.45) is 0.735. The molecule has 0 saturated heterocycles. The molecule has 0 unspecified atom stereocenters. The Balaban J connectivity index is 1.65. The van der Waals surface area contributed by atoms with Gasteiger partial charge in [-0.25, -0.2) is 0 Å². The van der Waals surface area contributed by atoms with Crippen molar-refractivity contribution in [3.8, 4) is 11.5 Å². The van der Waals surface area contributed by atoms with Gasteiger partial charge in [0, 0.05) is 11.3 Å². The molecule has 0 atom stereocenters. The average molecular weight is 349 g/mol. The first-order chi connectivity index (χ1) is 12.7. The minimum absolute atomic E-state index is 0.159. The van der Waals surface area contributed by atoms with Crippen molar-refractivity contribution in [2.75, 3.05) is 18.5 Å². The summed E-state index contributed by atoms with van der Waals surface area (Å²) < 4.78 is 11.0. The fourth-order valence-electron chi connectivity index (χ4n) is 2.59. The van der Waals surface area contributed by atoms with Crippen LogP contribution in [-0.4, -0.2) is 25.4 Å². The number of fused-ring (bicyclic) bond motifs is 1. The summed E-state index contributed by atoms with van der Waals surface area (Å²) in [7, 11) is 0. The van der Waals surface area contributed by atoms with Crippen molar-refractivity contribution in [3.05, 3.63) is 66.2 Å². The second kappa shape index (κ2) is 8.16. The predicted octanol–water partition coefficient (Wildman–Crippen LogP) is 4.07. The summed E-state index contributed by atoms with van der Waals surface area (Å²) in [4.78, 5) is 23.1. The lowest BCUT2D eigenvalue weighted by molar-refractivity contribution is -0.118. The molecule has 0 spiro atoms. The Kier molecular flexibility index (Phi) is 5.49. The van der Waals surface area contributed by atoms with Crippen molar-refractivity contribution >= 4 is 28.7 Å². The molecule has 0 saturated carbocycles. The minimum Gasteiger partial charge on any atom is -0.490 e. The lowest BCUT2D eigenvalue weighted by Crippen LogP contribution is -2.20. The van der Waals surface area contributed by atoms with Gasteiger partial charge in [0.2, 0.25) is 0 Å². The van der Waals surface area contributed by atoms with Crippen molar-refractivity contribution in [1.29, 1.82) is 0 Å². The van der Waals surface area contributed by atoms with Gasteiger partial charge in [-0.05, 0) is 48.0 Å². The molecule has 132 valence electrons. The Hall–Kier alpha value is -3.34. The number of aldehydes is 1. The molecule has 0 aliphatic heterocycles. The molecular formula is C21H19NO4. The van der Waals surface area contributed by atoms with Crippen LogP contribution in [0.2, 0.25) is 0 Å². The summed E-state index contributed by atoms with van der Waals surface area (Å²) >= 11 is 0. The number of anilines is 1. The topological polar surface area (TPSA) is 64.6 Å². The van der Waals surface area contributed by atoms with Gasteiger partial charge in [-0.15, -0.1) is 0 Å². The Morgan fingerprint density at radius 2 is 1.77 bits per heavy atom. The first-order valence-corrected chi connectivity index (χ1v) is 8.33. The molecule has 1 amide bonds. The Morgan fingerprint density at radius 1 is 0.962 bits per heavy atom. The zero-order valence-corrected chi connectivity index (χ0v) is 14.4. The summed E-state index contributed by atoms with van der Waals surface area (Å²) in [5.74, 6) is 0.587. The fourth-order valence-corrected chi connectivity index (χ4v) is 2.59. The number of hydrogen-bond donors (Lipinski definition) is 1. The molecule has 1 N–H and O–H groups in total. The third kappa shape index (κ3) is 4.19. The smallest absolute Gasteiger partial charge is 0.262 e. The second-order valence-corrected chi connectivity index (χ2v) is 5.66. The molecule has 3 aromatic carbocycles. The van der Waals surface area contributed by atoms with Crippen LogP contribution in [0, 0.1) is 0 Å². The maximum absolute atomic E-state index is 12.2. The molecule has 5 heteroatoms. The van der Waals surface area contributed by atoms with Crippen LogP contribution in [0.5, 0.6) is 11.5 Å². The van der Waals surface area contributed by atoms with Crippen LogP contribution in [0.4, 0.5) is 5.69 Å². The highest BCUT2D eigenvalue weighted by molar-refractivity contribution is 5.95. The van der Waals surface area contributed by atoms with Crippen LogP contribution in [0.3, 0.4) is 0 Å². The van der Waals surface area contributed by atoms with Gasteiger partial charge in [-0.2, -0.15) is 0 Å². The number of ether oxygens (including phenoxy) is 2. The zero-order valence-electron chi connectivity index (χ0n) is 14.4. The van der Waals surface area contributed by atoms with Crippen LogP contribution in [-0.2, 0) is 4.79 Å². The van der Waals surface area contributed by atoms with Crippen LogP contribution in [0.1, 0.15) is 17.3 Å². The highest BCUT2D eigenvalue weighted by Gasteiger charge is 2.10. The van der Waals surface area contributed by atoms with Gasteiger partial charge < -0.3 is 14.8 Å². The molecule has 3 rings (SSSR count). The van der Waals surface area contributed by atoms with E-state index < -0.39 is 0 Å². The number of amides is 1. The molecule has 0 bridgehead atoms. The van der Waals surface area contributed by atoms with Crippen LogP contribution in [0.15, 0.2) is 60.7 Å². The molecular weight excluding hydrogens is 330 g/mol. The predicted molar refractivity (Wildman–Crippen MR) is 101 cm³/mol. The van der Waals surface area contributed by atoms with E-state index in [1.165, 1.54) is 0 Å². The SMILES string of the molecule is CCOc1cc(C=O)ccc1OCC(=O)Nc1ccc2ccccc2c1. The van der Waals surface area contributed by atoms with Crippen molar-refractivity contribution in [3.63, 3.8) is 0 Å². The van der Waals surface area contributed by atoms with E-state index in [0.29, 0.717) is 29.4 Å². The van der Waals surface area contributed by atoms with Crippen molar-refractivity contribution in [2.45, 2.75) is 6.92 Å². The van der Waals surface area contributed by atoms with Crippen molar-refractivity contribution in [1.82, 2.24) is 0 Å². The molecule has 0 aliphatic rings. The van der Waals surface area contributed by atoms with Crippen LogP contribution < -0.4 is 14.8 Å². The zero-order chi connectivity index (χ0) is 18.4.